The zero-order valence-electron chi connectivity index (χ0n) is 9.76. The van der Waals surface area contributed by atoms with Gasteiger partial charge in [-0.15, -0.1) is 0 Å². The summed E-state index contributed by atoms with van der Waals surface area (Å²) < 4.78 is 0. The summed E-state index contributed by atoms with van der Waals surface area (Å²) in [5, 5.41) is 0. The van der Waals surface area contributed by atoms with Crippen LogP contribution in [0.2, 0.25) is 0 Å². The number of hydrogen-bond donors (Lipinski definition) is 0. The van der Waals surface area contributed by atoms with Crippen LogP contribution in [-0.2, 0) is 0 Å². The molecular formula is C14H16N. The minimum Gasteiger partial charge on any atom is -0.261 e. The fraction of sp³-hybridized carbons (Fsp3) is 0.286. The van der Waals surface area contributed by atoms with Crippen molar-refractivity contribution in [3.8, 4) is 0 Å². The molecule has 0 saturated heterocycles. The molecule has 1 saturated carbocycles. The lowest BCUT2D eigenvalue weighted by Gasteiger charge is -2.18. The molecule has 1 aromatic heterocycles. The van der Waals surface area contributed by atoms with Crippen LogP contribution in [0.1, 0.15) is 33.4 Å². The molecule has 0 aromatic carbocycles. The first-order valence-electron chi connectivity index (χ1n) is 5.27. The van der Waals surface area contributed by atoms with Crippen LogP contribution in [0.15, 0.2) is 24.4 Å². The maximum atomic E-state index is 4.43. The highest BCUT2D eigenvalue weighted by molar-refractivity contribution is 5.64. The van der Waals surface area contributed by atoms with Crippen molar-refractivity contribution in [1.82, 2.24) is 4.98 Å². The molecule has 0 spiro atoms. The molecule has 0 unspecified atom stereocenters. The lowest BCUT2D eigenvalue weighted by molar-refractivity contribution is 0.964. The van der Waals surface area contributed by atoms with E-state index in [4.69, 9.17) is 0 Å². The first kappa shape index (κ1) is 10.7. The third-order valence-corrected chi connectivity index (χ3v) is 3.36. The van der Waals surface area contributed by atoms with E-state index in [1.165, 1.54) is 29.6 Å². The number of pyridine rings is 1. The number of aromatic nitrogens is 1. The molecule has 77 valence electrons. The number of nitrogens with zero attached hydrogens (tertiary/aromatic N) is 1. The second kappa shape index (κ2) is 3.96. The molecule has 0 amide bonds. The van der Waals surface area contributed by atoms with Gasteiger partial charge in [0.25, 0.3) is 0 Å². The standard InChI is InChI=1S/C14H16N/c1-9-10(2)12(4)14(11(9)3)13-7-5-6-8-15-13/h5-8H,1-4H3. The smallest absolute Gasteiger partial charge is 0.0487 e. The molecule has 1 aromatic rings. The van der Waals surface area contributed by atoms with Crippen LogP contribution in [0, 0.1) is 29.6 Å². The van der Waals surface area contributed by atoms with E-state index in [0.29, 0.717) is 0 Å². The van der Waals surface area contributed by atoms with Gasteiger partial charge >= 0.3 is 0 Å². The first-order valence-corrected chi connectivity index (χ1v) is 5.27. The van der Waals surface area contributed by atoms with Crippen LogP contribution in [-0.4, -0.2) is 4.98 Å². The fourth-order valence-corrected chi connectivity index (χ4v) is 2.11. The highest BCUT2D eigenvalue weighted by Crippen LogP contribution is 2.54. The molecule has 1 fully saturated rings. The molecule has 0 aliphatic heterocycles. The van der Waals surface area contributed by atoms with Crippen molar-refractivity contribution in [1.29, 1.82) is 0 Å². The van der Waals surface area contributed by atoms with E-state index in [-0.39, 0.29) is 0 Å². The van der Waals surface area contributed by atoms with Gasteiger partial charge in [-0.05, 0) is 35.8 Å². The van der Waals surface area contributed by atoms with Gasteiger partial charge in [-0.3, -0.25) is 4.98 Å². The Morgan fingerprint density at radius 2 is 1.40 bits per heavy atom. The topological polar surface area (TPSA) is 12.9 Å². The van der Waals surface area contributed by atoms with Crippen molar-refractivity contribution in [2.45, 2.75) is 27.7 Å². The molecule has 1 heteroatoms. The second-order valence-electron chi connectivity index (χ2n) is 4.09. The van der Waals surface area contributed by atoms with Gasteiger partial charge in [-0.2, -0.15) is 0 Å². The molecule has 1 nitrogen and oxygen atoms in total. The van der Waals surface area contributed by atoms with Crippen LogP contribution in [0.25, 0.3) is 0 Å². The van der Waals surface area contributed by atoms with E-state index < -0.39 is 0 Å². The maximum absolute atomic E-state index is 4.43. The average molecular weight is 198 g/mol. The molecule has 15 heavy (non-hydrogen) atoms. The number of hydrogen-bond acceptors (Lipinski definition) is 1. The van der Waals surface area contributed by atoms with Crippen LogP contribution in [0.5, 0.6) is 0 Å². The fourth-order valence-electron chi connectivity index (χ4n) is 2.11. The molecule has 1 aliphatic carbocycles. The van der Waals surface area contributed by atoms with Gasteiger partial charge in [0.15, 0.2) is 0 Å². The van der Waals surface area contributed by atoms with E-state index in [0.717, 1.165) is 5.69 Å². The summed E-state index contributed by atoms with van der Waals surface area (Å²) >= 11 is 0. The van der Waals surface area contributed by atoms with E-state index in [2.05, 4.69) is 38.7 Å². The monoisotopic (exact) mass is 198 g/mol. The summed E-state index contributed by atoms with van der Waals surface area (Å²) in [4.78, 5) is 4.43. The Morgan fingerprint density at radius 1 is 0.800 bits per heavy atom. The number of rotatable bonds is 1. The summed E-state index contributed by atoms with van der Waals surface area (Å²) in [7, 11) is 0. The van der Waals surface area contributed by atoms with Crippen LogP contribution in [0.3, 0.4) is 0 Å². The Hall–Kier alpha value is -0.850. The van der Waals surface area contributed by atoms with Gasteiger partial charge in [0.1, 0.15) is 0 Å². The summed E-state index contributed by atoms with van der Waals surface area (Å²) in [6.45, 7) is 8.73. The van der Waals surface area contributed by atoms with Crippen molar-refractivity contribution in [3.63, 3.8) is 0 Å². The minimum atomic E-state index is 1.09. The SMILES string of the molecule is C[C]1[C](C)[C](C)[C](c2ccccn2)[C]1C. The molecular weight excluding hydrogens is 182 g/mol. The van der Waals surface area contributed by atoms with Crippen LogP contribution >= 0.6 is 0 Å². The van der Waals surface area contributed by atoms with E-state index in [9.17, 15) is 0 Å². The van der Waals surface area contributed by atoms with Gasteiger partial charge in [-0.25, -0.2) is 0 Å². The molecule has 5 radical (unpaired) electrons. The van der Waals surface area contributed by atoms with Gasteiger partial charge in [-0.1, -0.05) is 33.8 Å². The molecule has 0 N–H and O–H groups in total. The average Bonchev–Trinajstić information content (AvgIpc) is 2.45. The largest absolute Gasteiger partial charge is 0.261 e. The summed E-state index contributed by atoms with van der Waals surface area (Å²) in [5.41, 5.74) is 1.09. The lowest BCUT2D eigenvalue weighted by atomic mass is 9.86. The predicted octanol–water partition coefficient (Wildman–Crippen LogP) is 3.40. The third kappa shape index (κ3) is 1.68. The molecule has 2 rings (SSSR count). The van der Waals surface area contributed by atoms with Crippen molar-refractivity contribution in [3.05, 3.63) is 59.7 Å². The lowest BCUT2D eigenvalue weighted by Crippen LogP contribution is -2.10. The second-order valence-corrected chi connectivity index (χ2v) is 4.09. The van der Waals surface area contributed by atoms with Gasteiger partial charge in [0.2, 0.25) is 0 Å². The summed E-state index contributed by atoms with van der Waals surface area (Å²) in [6, 6.07) is 6.07. The Labute approximate surface area is 92.9 Å². The Morgan fingerprint density at radius 3 is 1.87 bits per heavy atom. The minimum absolute atomic E-state index is 1.09. The Kier molecular flexibility index (Phi) is 2.81. The molecule has 0 atom stereocenters. The molecule has 1 aliphatic rings. The molecule has 0 bridgehead atoms. The predicted molar refractivity (Wildman–Crippen MR) is 62.3 cm³/mol. The first-order chi connectivity index (χ1) is 7.13. The highest BCUT2D eigenvalue weighted by Gasteiger charge is 2.44. The van der Waals surface area contributed by atoms with E-state index in [1.807, 2.05) is 18.3 Å². The van der Waals surface area contributed by atoms with E-state index in [1.54, 1.807) is 0 Å². The normalized spacial score (nSPS) is 22.7. The highest BCUT2D eigenvalue weighted by atomic mass is 14.7. The summed E-state index contributed by atoms with van der Waals surface area (Å²) in [5.74, 6) is 6.83. The van der Waals surface area contributed by atoms with Crippen LogP contribution < -0.4 is 0 Å². The quantitative estimate of drug-likeness (QED) is 0.674. The van der Waals surface area contributed by atoms with Gasteiger partial charge < -0.3 is 0 Å². The zero-order valence-corrected chi connectivity index (χ0v) is 9.76. The zero-order chi connectivity index (χ0) is 11.0. The Balaban J connectivity index is 2.30. The van der Waals surface area contributed by atoms with Crippen LogP contribution in [0.4, 0.5) is 0 Å². The third-order valence-electron chi connectivity index (χ3n) is 3.36. The molecule has 1 heterocycles. The van der Waals surface area contributed by atoms with Crippen molar-refractivity contribution in [2.24, 2.45) is 0 Å². The van der Waals surface area contributed by atoms with Crippen molar-refractivity contribution >= 4 is 0 Å². The van der Waals surface area contributed by atoms with Crippen molar-refractivity contribution < 1.29 is 0 Å². The Bertz CT molecular complexity index is 305. The van der Waals surface area contributed by atoms with Gasteiger partial charge in [0, 0.05) is 17.8 Å². The maximum Gasteiger partial charge on any atom is 0.0487 e. The van der Waals surface area contributed by atoms with E-state index >= 15 is 0 Å². The van der Waals surface area contributed by atoms with Gasteiger partial charge in [0.05, 0.1) is 0 Å². The summed E-state index contributed by atoms with van der Waals surface area (Å²) in [6.07, 6.45) is 1.85. The van der Waals surface area contributed by atoms with Crippen molar-refractivity contribution in [2.75, 3.05) is 0 Å².